The lowest BCUT2D eigenvalue weighted by Crippen LogP contribution is -2.19. The zero-order valence-electron chi connectivity index (χ0n) is 18.6. The van der Waals surface area contributed by atoms with E-state index in [0.29, 0.717) is 40.8 Å². The van der Waals surface area contributed by atoms with Crippen LogP contribution in [0.4, 0.5) is 8.78 Å². The third kappa shape index (κ3) is 4.15. The van der Waals surface area contributed by atoms with Crippen molar-refractivity contribution in [2.75, 3.05) is 6.61 Å². The summed E-state index contributed by atoms with van der Waals surface area (Å²) in [6.07, 6.45) is 8.76. The van der Waals surface area contributed by atoms with Gasteiger partial charge in [-0.1, -0.05) is 24.6 Å². The van der Waals surface area contributed by atoms with E-state index in [1.54, 1.807) is 22.8 Å². The second-order valence-electron chi connectivity index (χ2n) is 8.51. The molecule has 2 aromatic carbocycles. The van der Waals surface area contributed by atoms with E-state index in [4.69, 9.17) is 10.00 Å². The number of benzene rings is 2. The minimum Gasteiger partial charge on any atom is -0.492 e. The third-order valence-corrected chi connectivity index (χ3v) is 6.17. The van der Waals surface area contributed by atoms with Crippen molar-refractivity contribution in [3.8, 4) is 17.6 Å². The number of nitriles is 1. The number of para-hydroxylation sites is 1. The lowest BCUT2D eigenvalue weighted by atomic mass is 9.86. The zero-order chi connectivity index (χ0) is 23.7. The molecule has 34 heavy (non-hydrogen) atoms. The quantitative estimate of drug-likeness (QED) is 0.345. The number of hydrogen-bond donors (Lipinski definition) is 0. The Bertz CT molecular complexity index is 1430. The second kappa shape index (κ2) is 9.06. The first-order valence-corrected chi connectivity index (χ1v) is 11.2. The zero-order valence-corrected chi connectivity index (χ0v) is 18.6. The average molecular weight is 456 g/mol. The van der Waals surface area contributed by atoms with Gasteiger partial charge in [0.1, 0.15) is 23.5 Å². The molecular weight excluding hydrogens is 434 g/mol. The van der Waals surface area contributed by atoms with Crippen LogP contribution in [0, 0.1) is 35.8 Å². The molecule has 2 aromatic heterocycles. The van der Waals surface area contributed by atoms with Crippen LogP contribution in [-0.2, 0) is 0 Å². The summed E-state index contributed by atoms with van der Waals surface area (Å²) in [4.78, 5) is 8.85. The van der Waals surface area contributed by atoms with Crippen LogP contribution in [0.25, 0.3) is 29.0 Å². The molecule has 0 radical (unpaired) electrons. The Kier molecular flexibility index (Phi) is 5.81. The maximum atomic E-state index is 14.1. The number of rotatable bonds is 6. The Morgan fingerprint density at radius 1 is 1.15 bits per heavy atom. The van der Waals surface area contributed by atoms with Crippen LogP contribution in [-0.4, -0.2) is 21.1 Å². The maximum Gasteiger partial charge on any atom is 0.161 e. The van der Waals surface area contributed by atoms with Crippen molar-refractivity contribution >= 4 is 23.2 Å². The van der Waals surface area contributed by atoms with E-state index < -0.39 is 11.6 Å². The first-order chi connectivity index (χ1) is 16.5. The second-order valence-corrected chi connectivity index (χ2v) is 8.51. The van der Waals surface area contributed by atoms with E-state index in [0.717, 1.165) is 29.0 Å². The molecule has 0 bridgehead atoms. The van der Waals surface area contributed by atoms with Crippen molar-refractivity contribution in [3.05, 3.63) is 82.8 Å². The Morgan fingerprint density at radius 2 is 1.97 bits per heavy atom. The van der Waals surface area contributed by atoms with Gasteiger partial charge >= 0.3 is 0 Å². The van der Waals surface area contributed by atoms with Crippen molar-refractivity contribution in [2.45, 2.75) is 26.2 Å². The van der Waals surface area contributed by atoms with Gasteiger partial charge in [0.05, 0.1) is 23.2 Å². The Labute approximate surface area is 196 Å². The maximum absolute atomic E-state index is 14.1. The number of ether oxygens (including phenoxy) is 1. The number of fused-ring (bicyclic) bond motifs is 1. The predicted molar refractivity (Wildman–Crippen MR) is 126 cm³/mol. The summed E-state index contributed by atoms with van der Waals surface area (Å²) in [6, 6.07) is 13.4. The molecule has 0 unspecified atom stereocenters. The molecule has 0 N–H and O–H groups in total. The van der Waals surface area contributed by atoms with Crippen LogP contribution < -0.4 is 4.74 Å². The summed E-state index contributed by atoms with van der Waals surface area (Å²) >= 11 is 0. The predicted octanol–water partition coefficient (Wildman–Crippen LogP) is 6.23. The molecule has 1 fully saturated rings. The third-order valence-electron chi connectivity index (χ3n) is 6.17. The van der Waals surface area contributed by atoms with Crippen molar-refractivity contribution in [2.24, 2.45) is 5.92 Å². The van der Waals surface area contributed by atoms with Gasteiger partial charge < -0.3 is 4.74 Å². The Hall–Kier alpha value is -4.05. The largest absolute Gasteiger partial charge is 0.492 e. The highest BCUT2D eigenvalue weighted by Crippen LogP contribution is 2.31. The fourth-order valence-corrected chi connectivity index (χ4v) is 4.06. The van der Waals surface area contributed by atoms with E-state index in [1.807, 2.05) is 37.3 Å². The standard InChI is InChI=1S/C27H22F2N4O/c1-17-4-2-7-20(27(17)34-16-18-5-3-6-18)9-11-26-32-23-12-21(28)22(29)13-24(23)33(26)25-10-8-19(14-30)15-31-25/h2,4,7-13,15,18H,3,5-6,16H2,1H3. The summed E-state index contributed by atoms with van der Waals surface area (Å²) in [6.45, 7) is 2.70. The Balaban J connectivity index is 1.57. The van der Waals surface area contributed by atoms with E-state index in [-0.39, 0.29) is 0 Å². The number of imidazole rings is 1. The number of hydrogen-bond acceptors (Lipinski definition) is 4. The van der Waals surface area contributed by atoms with Gasteiger partial charge in [-0.15, -0.1) is 0 Å². The van der Waals surface area contributed by atoms with E-state index >= 15 is 0 Å². The van der Waals surface area contributed by atoms with E-state index in [2.05, 4.69) is 9.97 Å². The molecule has 0 amide bonds. The summed E-state index contributed by atoms with van der Waals surface area (Å²) in [5.74, 6) is 0.380. The number of nitrogens with zero attached hydrogens (tertiary/aromatic N) is 4. The lowest BCUT2D eigenvalue weighted by Gasteiger charge is -2.26. The molecule has 0 saturated heterocycles. The minimum absolute atomic E-state index is 0.301. The highest BCUT2D eigenvalue weighted by Gasteiger charge is 2.19. The molecule has 1 aliphatic carbocycles. The average Bonchev–Trinajstić information content (AvgIpc) is 3.15. The number of pyridine rings is 1. The van der Waals surface area contributed by atoms with Crippen LogP contribution in [0.5, 0.6) is 5.75 Å². The van der Waals surface area contributed by atoms with E-state index in [9.17, 15) is 8.78 Å². The van der Waals surface area contributed by atoms with Gasteiger partial charge in [-0.25, -0.2) is 18.7 Å². The van der Waals surface area contributed by atoms with Crippen molar-refractivity contribution in [3.63, 3.8) is 0 Å². The van der Waals surface area contributed by atoms with Gasteiger partial charge in [-0.05, 0) is 55.5 Å². The van der Waals surface area contributed by atoms with Gasteiger partial charge in [0.2, 0.25) is 0 Å². The summed E-state index contributed by atoms with van der Waals surface area (Å²) in [7, 11) is 0. The first kappa shape index (κ1) is 21.8. The highest BCUT2D eigenvalue weighted by molar-refractivity contribution is 5.82. The molecule has 2 heterocycles. The summed E-state index contributed by atoms with van der Waals surface area (Å²) < 4.78 is 35.8. The van der Waals surface area contributed by atoms with Crippen molar-refractivity contribution in [1.82, 2.24) is 14.5 Å². The van der Waals surface area contributed by atoms with Crippen LogP contribution >= 0.6 is 0 Å². The lowest BCUT2D eigenvalue weighted by molar-refractivity contribution is 0.179. The molecule has 5 rings (SSSR count). The number of aromatic nitrogens is 3. The fraction of sp³-hybridized carbons (Fsp3) is 0.222. The molecule has 5 nitrogen and oxygen atoms in total. The molecule has 0 atom stereocenters. The Morgan fingerprint density at radius 3 is 2.68 bits per heavy atom. The normalized spacial score (nSPS) is 13.8. The molecule has 4 aromatic rings. The first-order valence-electron chi connectivity index (χ1n) is 11.2. The molecule has 1 aliphatic rings. The highest BCUT2D eigenvalue weighted by atomic mass is 19.2. The van der Waals surface area contributed by atoms with Crippen molar-refractivity contribution in [1.29, 1.82) is 5.26 Å². The molecule has 170 valence electrons. The van der Waals surface area contributed by atoms with Crippen LogP contribution in [0.3, 0.4) is 0 Å². The van der Waals surface area contributed by atoms with Crippen LogP contribution in [0.1, 0.15) is 41.8 Å². The summed E-state index contributed by atoms with van der Waals surface area (Å²) in [5, 5.41) is 9.08. The SMILES string of the molecule is Cc1cccc(C=Cc2nc3cc(F)c(F)cc3n2-c2ccc(C#N)cn2)c1OCC1CCC1. The molecule has 1 saturated carbocycles. The minimum atomic E-state index is -0.969. The fourth-order valence-electron chi connectivity index (χ4n) is 4.06. The van der Waals surface area contributed by atoms with Gasteiger partial charge in [0.25, 0.3) is 0 Å². The molecule has 0 spiro atoms. The van der Waals surface area contributed by atoms with Crippen molar-refractivity contribution < 1.29 is 13.5 Å². The van der Waals surface area contributed by atoms with Crippen LogP contribution in [0.2, 0.25) is 0 Å². The molecular formula is C27H22F2N4O. The molecule has 0 aliphatic heterocycles. The number of aryl methyl sites for hydroxylation is 1. The topological polar surface area (TPSA) is 63.7 Å². The summed E-state index contributed by atoms with van der Waals surface area (Å²) in [5.41, 5.74) is 3.00. The molecule has 7 heteroatoms. The van der Waals surface area contributed by atoms with Gasteiger partial charge in [0, 0.05) is 23.9 Å². The van der Waals surface area contributed by atoms with Crippen LogP contribution in [0.15, 0.2) is 48.7 Å². The smallest absolute Gasteiger partial charge is 0.161 e. The van der Waals surface area contributed by atoms with Gasteiger partial charge in [-0.3, -0.25) is 4.57 Å². The van der Waals surface area contributed by atoms with Gasteiger partial charge in [0.15, 0.2) is 11.6 Å². The van der Waals surface area contributed by atoms with E-state index in [1.165, 1.54) is 25.5 Å². The van der Waals surface area contributed by atoms with Gasteiger partial charge in [-0.2, -0.15) is 5.26 Å². The monoisotopic (exact) mass is 456 g/mol. The number of halogens is 2.